The van der Waals surface area contributed by atoms with Crippen LogP contribution in [0, 0.1) is 0 Å². The summed E-state index contributed by atoms with van der Waals surface area (Å²) in [5, 5.41) is 2.73. The van der Waals surface area contributed by atoms with Crippen LogP contribution < -0.4 is 11.1 Å². The van der Waals surface area contributed by atoms with Crippen molar-refractivity contribution in [3.8, 4) is 0 Å². The van der Waals surface area contributed by atoms with E-state index in [-0.39, 0.29) is 11.3 Å². The van der Waals surface area contributed by atoms with Gasteiger partial charge in [-0.25, -0.2) is 0 Å². The Kier molecular flexibility index (Phi) is 5.97. The first kappa shape index (κ1) is 18.7. The predicted molar refractivity (Wildman–Crippen MR) is 100.0 cm³/mol. The van der Waals surface area contributed by atoms with E-state index in [0.717, 1.165) is 5.56 Å². The molecule has 2 aromatic carbocycles. The molecular weight excluding hydrogens is 312 g/mol. The van der Waals surface area contributed by atoms with Crippen LogP contribution in [-0.2, 0) is 21.4 Å². The van der Waals surface area contributed by atoms with E-state index in [1.165, 1.54) is 5.56 Å². The van der Waals surface area contributed by atoms with Crippen LogP contribution in [0.25, 0.3) is 0 Å². The molecule has 25 heavy (non-hydrogen) atoms. The van der Waals surface area contributed by atoms with Crippen molar-refractivity contribution in [1.29, 1.82) is 0 Å². The maximum Gasteiger partial charge on any atom is 0.244 e. The summed E-state index contributed by atoms with van der Waals surface area (Å²) >= 11 is 0. The number of hydrogen-bond donors (Lipinski definition) is 2. The van der Waals surface area contributed by atoms with E-state index in [1.807, 2.05) is 18.2 Å². The number of carbonyl (C=O) groups is 2. The Balaban J connectivity index is 1.94. The van der Waals surface area contributed by atoms with Crippen LogP contribution in [0.2, 0.25) is 0 Å². The third-order valence-electron chi connectivity index (χ3n) is 4.18. The van der Waals surface area contributed by atoms with Gasteiger partial charge in [-0.15, -0.1) is 0 Å². The van der Waals surface area contributed by atoms with Crippen molar-refractivity contribution in [2.75, 3.05) is 0 Å². The van der Waals surface area contributed by atoms with Gasteiger partial charge in [-0.3, -0.25) is 9.59 Å². The first-order valence-electron chi connectivity index (χ1n) is 8.50. The average Bonchev–Trinajstić information content (AvgIpc) is 2.58. The third kappa shape index (κ3) is 5.45. The lowest BCUT2D eigenvalue weighted by Crippen LogP contribution is -2.37. The summed E-state index contributed by atoms with van der Waals surface area (Å²) in [7, 11) is 0. The largest absolute Gasteiger partial charge is 0.368 e. The highest BCUT2D eigenvalue weighted by Crippen LogP contribution is 2.22. The van der Waals surface area contributed by atoms with E-state index in [4.69, 9.17) is 5.73 Å². The van der Waals surface area contributed by atoms with Gasteiger partial charge >= 0.3 is 0 Å². The highest BCUT2D eigenvalue weighted by Gasteiger charge is 2.19. The summed E-state index contributed by atoms with van der Waals surface area (Å²) in [5.74, 6) is -0.748. The normalized spacial score (nSPS) is 12.4. The Hall–Kier alpha value is -2.62. The minimum atomic E-state index is -0.794. The third-order valence-corrected chi connectivity index (χ3v) is 4.18. The molecule has 4 nitrogen and oxygen atoms in total. The van der Waals surface area contributed by atoms with Crippen LogP contribution >= 0.6 is 0 Å². The molecule has 2 amide bonds. The second kappa shape index (κ2) is 7.97. The van der Waals surface area contributed by atoms with Crippen LogP contribution in [0.4, 0.5) is 0 Å². The molecule has 0 fully saturated rings. The zero-order valence-corrected chi connectivity index (χ0v) is 15.1. The molecule has 132 valence electrons. The molecule has 0 bridgehead atoms. The first-order valence-corrected chi connectivity index (χ1v) is 8.50. The van der Waals surface area contributed by atoms with Crippen molar-refractivity contribution < 1.29 is 9.59 Å². The van der Waals surface area contributed by atoms with Gasteiger partial charge in [0.05, 0.1) is 0 Å². The van der Waals surface area contributed by atoms with Crippen LogP contribution in [0.5, 0.6) is 0 Å². The van der Waals surface area contributed by atoms with Crippen molar-refractivity contribution in [2.24, 2.45) is 5.73 Å². The zero-order valence-electron chi connectivity index (χ0n) is 15.1. The molecule has 4 heteroatoms. The highest BCUT2D eigenvalue weighted by molar-refractivity contribution is 5.87. The summed E-state index contributed by atoms with van der Waals surface area (Å²) in [6.45, 7) is 6.51. The molecule has 0 aliphatic carbocycles. The fraction of sp³-hybridized carbons (Fsp3) is 0.333. The van der Waals surface area contributed by atoms with Gasteiger partial charge in [-0.05, 0) is 28.5 Å². The molecule has 0 aromatic heterocycles. The van der Waals surface area contributed by atoms with E-state index < -0.39 is 11.9 Å². The van der Waals surface area contributed by atoms with Gasteiger partial charge in [0.2, 0.25) is 11.8 Å². The van der Waals surface area contributed by atoms with Crippen molar-refractivity contribution in [2.45, 2.75) is 45.1 Å². The molecule has 0 unspecified atom stereocenters. The van der Waals surface area contributed by atoms with Gasteiger partial charge in [-0.1, -0.05) is 75.4 Å². The molecule has 0 spiro atoms. The average molecular weight is 338 g/mol. The van der Waals surface area contributed by atoms with Crippen molar-refractivity contribution in [3.63, 3.8) is 0 Å². The minimum Gasteiger partial charge on any atom is -0.368 e. The number of aryl methyl sites for hydroxylation is 1. The number of rotatable bonds is 6. The Morgan fingerprint density at radius 1 is 1.00 bits per heavy atom. The summed E-state index contributed by atoms with van der Waals surface area (Å²) in [6.07, 6.45) is 0.933. The molecule has 2 rings (SSSR count). The van der Waals surface area contributed by atoms with Crippen LogP contribution in [0.1, 0.15) is 49.9 Å². The monoisotopic (exact) mass is 338 g/mol. The lowest BCUT2D eigenvalue weighted by Gasteiger charge is -2.19. The standard InChI is InChI=1S/C21H26N2O2/c1-21(2,3)17-12-9-15(10-13-17)11-14-18(24)23-19(20(22)25)16-7-5-4-6-8-16/h4-10,12-13,19H,11,14H2,1-3H3,(H2,22,25)(H,23,24)/t19-/m1/s1. The van der Waals surface area contributed by atoms with Crippen LogP contribution in [0.15, 0.2) is 54.6 Å². The lowest BCUT2D eigenvalue weighted by atomic mass is 9.86. The van der Waals surface area contributed by atoms with Gasteiger partial charge in [0.15, 0.2) is 0 Å². The first-order chi connectivity index (χ1) is 11.8. The van der Waals surface area contributed by atoms with E-state index in [9.17, 15) is 9.59 Å². The highest BCUT2D eigenvalue weighted by atomic mass is 16.2. The van der Waals surface area contributed by atoms with Crippen molar-refractivity contribution >= 4 is 11.8 Å². The molecule has 3 N–H and O–H groups in total. The summed E-state index contributed by atoms with van der Waals surface area (Å²) in [4.78, 5) is 23.9. The van der Waals surface area contributed by atoms with Gasteiger partial charge in [-0.2, -0.15) is 0 Å². The lowest BCUT2D eigenvalue weighted by molar-refractivity contribution is -0.127. The van der Waals surface area contributed by atoms with Gasteiger partial charge in [0.25, 0.3) is 0 Å². The van der Waals surface area contributed by atoms with E-state index in [0.29, 0.717) is 18.4 Å². The molecule has 0 heterocycles. The number of amides is 2. The van der Waals surface area contributed by atoms with Crippen molar-refractivity contribution in [1.82, 2.24) is 5.32 Å². The smallest absolute Gasteiger partial charge is 0.244 e. The number of hydrogen-bond acceptors (Lipinski definition) is 2. The Bertz CT molecular complexity index is 716. The number of primary amides is 1. The number of carbonyl (C=O) groups excluding carboxylic acids is 2. The van der Waals surface area contributed by atoms with Crippen LogP contribution in [0.3, 0.4) is 0 Å². The fourth-order valence-electron chi connectivity index (χ4n) is 2.63. The topological polar surface area (TPSA) is 72.2 Å². The Morgan fingerprint density at radius 2 is 1.60 bits per heavy atom. The zero-order chi connectivity index (χ0) is 18.4. The summed E-state index contributed by atoms with van der Waals surface area (Å²) in [5.41, 5.74) is 8.59. The van der Waals surface area contributed by atoms with Crippen molar-refractivity contribution in [3.05, 3.63) is 71.3 Å². The molecule has 0 aliphatic rings. The number of nitrogens with one attached hydrogen (secondary N) is 1. The van der Waals surface area contributed by atoms with E-state index in [1.54, 1.807) is 12.1 Å². The fourth-order valence-corrected chi connectivity index (χ4v) is 2.63. The van der Waals surface area contributed by atoms with E-state index in [2.05, 4.69) is 50.4 Å². The Morgan fingerprint density at radius 3 is 2.12 bits per heavy atom. The summed E-state index contributed by atoms with van der Waals surface area (Å²) < 4.78 is 0. The molecule has 0 saturated carbocycles. The SMILES string of the molecule is CC(C)(C)c1ccc(CCC(=O)N[C@@H](C(N)=O)c2ccccc2)cc1. The second-order valence-electron chi connectivity index (χ2n) is 7.26. The molecule has 2 aromatic rings. The molecule has 1 atom stereocenters. The molecule has 0 saturated heterocycles. The van der Waals surface area contributed by atoms with Gasteiger partial charge in [0, 0.05) is 6.42 Å². The van der Waals surface area contributed by atoms with Gasteiger partial charge in [0.1, 0.15) is 6.04 Å². The predicted octanol–water partition coefficient (Wildman–Crippen LogP) is 3.26. The summed E-state index contributed by atoms with van der Waals surface area (Å²) in [6, 6.07) is 16.5. The molecular formula is C21H26N2O2. The van der Waals surface area contributed by atoms with Gasteiger partial charge < -0.3 is 11.1 Å². The second-order valence-corrected chi connectivity index (χ2v) is 7.26. The quantitative estimate of drug-likeness (QED) is 0.848. The molecule has 0 aliphatic heterocycles. The Labute approximate surface area is 149 Å². The van der Waals surface area contributed by atoms with Crippen LogP contribution in [-0.4, -0.2) is 11.8 Å². The number of nitrogens with two attached hydrogens (primary N) is 1. The van der Waals surface area contributed by atoms with E-state index >= 15 is 0 Å². The minimum absolute atomic E-state index is 0.111. The maximum atomic E-state index is 12.2. The maximum absolute atomic E-state index is 12.2. The molecule has 0 radical (unpaired) electrons. The number of benzene rings is 2.